The van der Waals surface area contributed by atoms with Crippen molar-refractivity contribution < 1.29 is 9.53 Å². The van der Waals surface area contributed by atoms with E-state index in [-0.39, 0.29) is 5.91 Å². The first kappa shape index (κ1) is 14.4. The Hall–Kier alpha value is -2.22. The van der Waals surface area contributed by atoms with Crippen LogP contribution in [0, 0.1) is 0 Å². The van der Waals surface area contributed by atoms with E-state index in [0.29, 0.717) is 25.3 Å². The lowest BCUT2D eigenvalue weighted by atomic mass is 10.1. The molecule has 2 fully saturated rings. The number of nitrogens with one attached hydrogen (secondary N) is 1. The Morgan fingerprint density at radius 3 is 2.96 bits per heavy atom. The van der Waals surface area contributed by atoms with Crippen molar-refractivity contribution in [3.8, 4) is 0 Å². The molecule has 23 heavy (non-hydrogen) atoms. The molecule has 4 rings (SSSR count). The normalized spacial score (nSPS) is 22.5. The summed E-state index contributed by atoms with van der Waals surface area (Å²) in [5.74, 6) is 0.912. The summed E-state index contributed by atoms with van der Waals surface area (Å²) in [7, 11) is 0. The van der Waals surface area contributed by atoms with Gasteiger partial charge in [0.2, 0.25) is 0 Å². The molecule has 0 aliphatic carbocycles. The largest absolute Gasteiger partial charge is 0.365 e. The molecule has 2 aromatic rings. The first-order valence-corrected chi connectivity index (χ1v) is 8.12. The lowest BCUT2D eigenvalue weighted by Gasteiger charge is -2.36. The van der Waals surface area contributed by atoms with Crippen molar-refractivity contribution in [3.63, 3.8) is 0 Å². The van der Waals surface area contributed by atoms with Gasteiger partial charge in [0, 0.05) is 19.6 Å². The molecule has 2 saturated heterocycles. The van der Waals surface area contributed by atoms with Gasteiger partial charge in [-0.3, -0.25) is 9.89 Å². The van der Waals surface area contributed by atoms with Crippen LogP contribution in [0.3, 0.4) is 0 Å². The molecule has 0 radical (unpaired) electrons. The number of carbonyl (C=O) groups is 1. The number of amides is 1. The van der Waals surface area contributed by atoms with Crippen LogP contribution >= 0.6 is 0 Å². The summed E-state index contributed by atoms with van der Waals surface area (Å²) < 4.78 is 5.74. The van der Waals surface area contributed by atoms with Gasteiger partial charge in [0.05, 0.1) is 24.7 Å². The highest BCUT2D eigenvalue weighted by atomic mass is 16.5. The number of rotatable bonds is 2. The highest BCUT2D eigenvalue weighted by molar-refractivity contribution is 5.87. The summed E-state index contributed by atoms with van der Waals surface area (Å²) in [4.78, 5) is 25.2. The van der Waals surface area contributed by atoms with Gasteiger partial charge in [-0.25, -0.2) is 9.97 Å². The maximum absolute atomic E-state index is 12.7. The zero-order valence-electron chi connectivity index (χ0n) is 12.9. The van der Waals surface area contributed by atoms with Crippen LogP contribution in [0.15, 0.2) is 12.5 Å². The number of carbonyl (C=O) groups excluding carboxylic acids is 1. The van der Waals surface area contributed by atoms with Crippen molar-refractivity contribution in [2.45, 2.75) is 25.4 Å². The molecule has 1 unspecified atom stereocenters. The Morgan fingerprint density at radius 1 is 1.22 bits per heavy atom. The van der Waals surface area contributed by atoms with Gasteiger partial charge in [0.15, 0.2) is 11.8 Å². The van der Waals surface area contributed by atoms with E-state index < -0.39 is 6.10 Å². The molecule has 1 N–H and O–H groups in total. The van der Waals surface area contributed by atoms with Crippen LogP contribution in [0.2, 0.25) is 0 Å². The number of nitrogens with zero attached hydrogens (tertiary/aromatic N) is 5. The molecule has 2 aliphatic rings. The number of hydrogen-bond acceptors (Lipinski definition) is 6. The van der Waals surface area contributed by atoms with E-state index in [9.17, 15) is 4.79 Å². The maximum Gasteiger partial charge on any atom is 0.253 e. The monoisotopic (exact) mass is 316 g/mol. The van der Waals surface area contributed by atoms with Crippen molar-refractivity contribution in [2.75, 3.05) is 37.7 Å². The topological polar surface area (TPSA) is 87.2 Å². The Bertz CT molecular complexity index is 696. The minimum absolute atomic E-state index is 0.104. The predicted octanol–water partition coefficient (Wildman–Crippen LogP) is 0.571. The first-order valence-electron chi connectivity index (χ1n) is 8.12. The number of fused-ring (bicyclic) bond motifs is 1. The number of likely N-dealkylation sites (tertiary alicyclic amines) is 1. The molecule has 2 aliphatic heterocycles. The second-order valence-corrected chi connectivity index (χ2v) is 6.02. The van der Waals surface area contributed by atoms with Crippen LogP contribution in [-0.2, 0) is 9.53 Å². The van der Waals surface area contributed by atoms with Crippen LogP contribution < -0.4 is 4.90 Å². The molecule has 8 heteroatoms. The van der Waals surface area contributed by atoms with E-state index in [4.69, 9.17) is 4.74 Å². The van der Waals surface area contributed by atoms with Crippen LogP contribution in [-0.4, -0.2) is 69.9 Å². The Balaban J connectivity index is 1.52. The van der Waals surface area contributed by atoms with Crippen LogP contribution in [0.1, 0.15) is 19.3 Å². The first-order chi connectivity index (χ1) is 11.3. The average molecular weight is 316 g/mol. The number of hydrogen-bond donors (Lipinski definition) is 1. The fraction of sp³-hybridized carbons (Fsp3) is 0.600. The van der Waals surface area contributed by atoms with Gasteiger partial charge in [0.25, 0.3) is 5.91 Å². The van der Waals surface area contributed by atoms with Crippen molar-refractivity contribution in [3.05, 3.63) is 12.5 Å². The molecule has 122 valence electrons. The van der Waals surface area contributed by atoms with Crippen molar-refractivity contribution in [1.29, 1.82) is 0 Å². The predicted molar refractivity (Wildman–Crippen MR) is 84.1 cm³/mol. The van der Waals surface area contributed by atoms with Gasteiger partial charge in [0.1, 0.15) is 12.1 Å². The summed E-state index contributed by atoms with van der Waals surface area (Å²) in [6.07, 6.45) is 6.21. The summed E-state index contributed by atoms with van der Waals surface area (Å²) in [5.41, 5.74) is 0.709. The molecule has 2 aromatic heterocycles. The second kappa shape index (κ2) is 6.11. The highest BCUT2D eigenvalue weighted by Gasteiger charge is 2.32. The third-order valence-corrected chi connectivity index (χ3v) is 4.54. The summed E-state index contributed by atoms with van der Waals surface area (Å²) in [6, 6.07) is 0. The standard InChI is InChI=1S/C15H20N6O2/c22-15(20-4-2-1-3-5-20)12-9-21(6-7-23-12)14-11-8-18-19-13(11)16-10-17-14/h8,10,12H,1-7,9H2,(H,16,17,18,19). The van der Waals surface area contributed by atoms with E-state index in [1.54, 1.807) is 6.20 Å². The summed E-state index contributed by atoms with van der Waals surface area (Å²) in [5, 5.41) is 7.75. The number of anilines is 1. The van der Waals surface area contributed by atoms with Gasteiger partial charge >= 0.3 is 0 Å². The van der Waals surface area contributed by atoms with Crippen LogP contribution in [0.25, 0.3) is 11.0 Å². The zero-order chi connectivity index (χ0) is 15.6. The molecular weight excluding hydrogens is 296 g/mol. The second-order valence-electron chi connectivity index (χ2n) is 6.02. The lowest BCUT2D eigenvalue weighted by molar-refractivity contribution is -0.145. The van der Waals surface area contributed by atoms with Gasteiger partial charge in [-0.1, -0.05) is 0 Å². The third kappa shape index (κ3) is 2.74. The molecule has 0 spiro atoms. The zero-order valence-corrected chi connectivity index (χ0v) is 12.9. The minimum Gasteiger partial charge on any atom is -0.365 e. The Kier molecular flexibility index (Phi) is 3.82. The molecular formula is C15H20N6O2. The smallest absolute Gasteiger partial charge is 0.253 e. The molecule has 0 aromatic carbocycles. The molecule has 0 bridgehead atoms. The van der Waals surface area contributed by atoms with E-state index in [1.807, 2.05) is 4.90 Å². The third-order valence-electron chi connectivity index (χ3n) is 4.54. The Labute approximate surface area is 133 Å². The average Bonchev–Trinajstić information content (AvgIpc) is 3.10. The fourth-order valence-corrected chi connectivity index (χ4v) is 3.31. The number of aromatic nitrogens is 4. The van der Waals surface area contributed by atoms with E-state index in [2.05, 4.69) is 25.1 Å². The maximum atomic E-state index is 12.7. The molecule has 1 amide bonds. The van der Waals surface area contributed by atoms with E-state index in [1.165, 1.54) is 12.7 Å². The van der Waals surface area contributed by atoms with Gasteiger partial charge in [-0.2, -0.15) is 5.10 Å². The molecule has 8 nitrogen and oxygen atoms in total. The fourth-order valence-electron chi connectivity index (χ4n) is 3.31. The molecule has 0 saturated carbocycles. The summed E-state index contributed by atoms with van der Waals surface area (Å²) >= 11 is 0. The number of morpholine rings is 1. The number of aromatic amines is 1. The van der Waals surface area contributed by atoms with Gasteiger partial charge < -0.3 is 14.5 Å². The minimum atomic E-state index is -0.418. The number of ether oxygens (including phenoxy) is 1. The highest BCUT2D eigenvalue weighted by Crippen LogP contribution is 2.23. The van der Waals surface area contributed by atoms with Gasteiger partial charge in [-0.05, 0) is 19.3 Å². The van der Waals surface area contributed by atoms with E-state index >= 15 is 0 Å². The Morgan fingerprint density at radius 2 is 2.09 bits per heavy atom. The molecule has 4 heterocycles. The number of H-pyrrole nitrogens is 1. The summed E-state index contributed by atoms with van der Waals surface area (Å²) in [6.45, 7) is 3.44. The molecule has 1 atom stereocenters. The van der Waals surface area contributed by atoms with Crippen molar-refractivity contribution in [2.24, 2.45) is 0 Å². The van der Waals surface area contributed by atoms with E-state index in [0.717, 1.165) is 37.1 Å². The van der Waals surface area contributed by atoms with Crippen molar-refractivity contribution in [1.82, 2.24) is 25.1 Å². The lowest BCUT2D eigenvalue weighted by Crippen LogP contribution is -2.52. The van der Waals surface area contributed by atoms with Crippen molar-refractivity contribution >= 4 is 22.8 Å². The van der Waals surface area contributed by atoms with Crippen LogP contribution in [0.4, 0.5) is 5.82 Å². The SMILES string of the molecule is O=C(C1CN(c2ncnc3[nH]ncc23)CCO1)N1CCCCC1. The number of piperidine rings is 1. The van der Waals surface area contributed by atoms with Gasteiger partial charge in [-0.15, -0.1) is 0 Å². The van der Waals surface area contributed by atoms with Crippen LogP contribution in [0.5, 0.6) is 0 Å². The quantitative estimate of drug-likeness (QED) is 0.871.